The predicted molar refractivity (Wildman–Crippen MR) is 101 cm³/mol. The molecular formula is C18H24N6O2. The second-order valence-electron chi connectivity index (χ2n) is 7.07. The number of nitrogens with one attached hydrogen (secondary N) is 1. The molecule has 0 saturated carbocycles. The lowest BCUT2D eigenvalue weighted by Gasteiger charge is -2.35. The maximum atomic E-state index is 11.8. The summed E-state index contributed by atoms with van der Waals surface area (Å²) >= 11 is 0. The molecule has 3 rings (SSSR count). The number of ether oxygens (including phenoxy) is 1. The van der Waals surface area contributed by atoms with Gasteiger partial charge in [0.05, 0.1) is 0 Å². The van der Waals surface area contributed by atoms with Gasteiger partial charge in [-0.1, -0.05) is 6.07 Å². The highest BCUT2D eigenvalue weighted by molar-refractivity contribution is 5.83. The van der Waals surface area contributed by atoms with E-state index in [1.54, 1.807) is 6.07 Å². The van der Waals surface area contributed by atoms with Crippen LogP contribution in [0.1, 0.15) is 20.8 Å². The maximum absolute atomic E-state index is 11.8. The Bertz CT molecular complexity index is 722. The monoisotopic (exact) mass is 356 g/mol. The number of pyridine rings is 1. The molecule has 8 nitrogen and oxygen atoms in total. The third-order valence-corrected chi connectivity index (χ3v) is 3.86. The zero-order valence-corrected chi connectivity index (χ0v) is 15.3. The van der Waals surface area contributed by atoms with E-state index in [-0.39, 0.29) is 0 Å². The summed E-state index contributed by atoms with van der Waals surface area (Å²) in [6.07, 6.45) is 1.27. The van der Waals surface area contributed by atoms with Crippen molar-refractivity contribution in [2.24, 2.45) is 0 Å². The third-order valence-electron chi connectivity index (χ3n) is 3.86. The molecule has 0 aromatic carbocycles. The van der Waals surface area contributed by atoms with Crippen molar-refractivity contribution in [2.45, 2.75) is 26.4 Å². The first kappa shape index (κ1) is 17.9. The van der Waals surface area contributed by atoms with Gasteiger partial charge in [-0.25, -0.2) is 9.78 Å². The van der Waals surface area contributed by atoms with Crippen molar-refractivity contribution in [1.82, 2.24) is 15.2 Å². The van der Waals surface area contributed by atoms with Gasteiger partial charge >= 0.3 is 6.09 Å². The average Bonchev–Trinajstić information content (AvgIpc) is 2.62. The van der Waals surface area contributed by atoms with E-state index in [0.717, 1.165) is 37.8 Å². The first-order chi connectivity index (χ1) is 12.4. The summed E-state index contributed by atoms with van der Waals surface area (Å²) in [7, 11) is 0. The quantitative estimate of drug-likeness (QED) is 0.905. The number of amides is 1. The van der Waals surface area contributed by atoms with E-state index < -0.39 is 11.7 Å². The number of hydrogen-bond donors (Lipinski definition) is 1. The molecule has 1 N–H and O–H groups in total. The normalized spacial score (nSPS) is 14.9. The Morgan fingerprint density at radius 3 is 2.23 bits per heavy atom. The SMILES string of the molecule is CC(C)(C)OC(=O)Nc1ccc(N2CCN(c3ccccn3)CC2)nn1. The van der Waals surface area contributed by atoms with E-state index in [1.807, 2.05) is 51.2 Å². The molecule has 0 radical (unpaired) electrons. The Hall–Kier alpha value is -2.90. The zero-order valence-electron chi connectivity index (χ0n) is 15.3. The van der Waals surface area contributed by atoms with Gasteiger partial charge in [0.1, 0.15) is 11.4 Å². The van der Waals surface area contributed by atoms with Crippen molar-refractivity contribution < 1.29 is 9.53 Å². The number of carbonyl (C=O) groups excluding carboxylic acids is 1. The van der Waals surface area contributed by atoms with E-state index in [0.29, 0.717) is 5.82 Å². The number of nitrogens with zero attached hydrogens (tertiary/aromatic N) is 5. The smallest absolute Gasteiger partial charge is 0.413 e. The Morgan fingerprint density at radius 1 is 1.00 bits per heavy atom. The van der Waals surface area contributed by atoms with Crippen LogP contribution in [0.5, 0.6) is 0 Å². The fraction of sp³-hybridized carbons (Fsp3) is 0.444. The average molecular weight is 356 g/mol. The van der Waals surface area contributed by atoms with E-state index in [1.165, 1.54) is 0 Å². The van der Waals surface area contributed by atoms with Crippen LogP contribution in [-0.4, -0.2) is 53.1 Å². The number of rotatable bonds is 3. The lowest BCUT2D eigenvalue weighted by Crippen LogP contribution is -2.47. The highest BCUT2D eigenvalue weighted by atomic mass is 16.6. The fourth-order valence-corrected chi connectivity index (χ4v) is 2.67. The van der Waals surface area contributed by atoms with Crippen molar-refractivity contribution in [2.75, 3.05) is 41.3 Å². The molecule has 1 amide bonds. The molecule has 2 aromatic rings. The Balaban J connectivity index is 1.54. The van der Waals surface area contributed by atoms with Crippen LogP contribution in [0.2, 0.25) is 0 Å². The largest absolute Gasteiger partial charge is 0.444 e. The topological polar surface area (TPSA) is 83.5 Å². The molecule has 0 atom stereocenters. The van der Waals surface area contributed by atoms with Crippen LogP contribution in [0.25, 0.3) is 0 Å². The van der Waals surface area contributed by atoms with Crippen LogP contribution in [0.4, 0.5) is 22.2 Å². The maximum Gasteiger partial charge on any atom is 0.413 e. The van der Waals surface area contributed by atoms with Gasteiger partial charge in [0.2, 0.25) is 0 Å². The van der Waals surface area contributed by atoms with Crippen molar-refractivity contribution >= 4 is 23.5 Å². The summed E-state index contributed by atoms with van der Waals surface area (Å²) in [5.41, 5.74) is -0.551. The molecule has 3 heterocycles. The number of anilines is 3. The molecule has 0 unspecified atom stereocenters. The van der Waals surface area contributed by atoms with Crippen LogP contribution in [-0.2, 0) is 4.74 Å². The van der Waals surface area contributed by atoms with Crippen LogP contribution in [0.15, 0.2) is 36.5 Å². The van der Waals surface area contributed by atoms with Gasteiger partial charge < -0.3 is 14.5 Å². The minimum Gasteiger partial charge on any atom is -0.444 e. The molecular weight excluding hydrogens is 332 g/mol. The minimum atomic E-state index is -0.551. The lowest BCUT2D eigenvalue weighted by atomic mass is 10.2. The molecule has 1 fully saturated rings. The Kier molecular flexibility index (Phi) is 5.20. The third kappa shape index (κ3) is 4.81. The van der Waals surface area contributed by atoms with Crippen LogP contribution in [0, 0.1) is 0 Å². The molecule has 1 aliphatic heterocycles. The molecule has 138 valence electrons. The Labute approximate surface area is 153 Å². The highest BCUT2D eigenvalue weighted by Crippen LogP contribution is 2.18. The number of aromatic nitrogens is 3. The molecule has 26 heavy (non-hydrogen) atoms. The molecule has 1 saturated heterocycles. The van der Waals surface area contributed by atoms with Crippen LogP contribution >= 0.6 is 0 Å². The van der Waals surface area contributed by atoms with Gasteiger partial charge in [0.15, 0.2) is 11.6 Å². The van der Waals surface area contributed by atoms with E-state index in [4.69, 9.17) is 4.74 Å². The lowest BCUT2D eigenvalue weighted by molar-refractivity contribution is 0.0635. The van der Waals surface area contributed by atoms with Crippen molar-refractivity contribution in [3.8, 4) is 0 Å². The molecule has 1 aliphatic rings. The number of carbonyl (C=O) groups is 1. The standard InChI is InChI=1S/C18H24N6O2/c1-18(2,3)26-17(25)20-14-7-8-16(22-21-14)24-12-10-23(11-13-24)15-6-4-5-9-19-15/h4-9H,10-13H2,1-3H3,(H,20,21,25). The zero-order chi connectivity index (χ0) is 18.6. The van der Waals surface area contributed by atoms with Gasteiger partial charge in [0.25, 0.3) is 0 Å². The van der Waals surface area contributed by atoms with E-state index >= 15 is 0 Å². The summed E-state index contributed by atoms with van der Waals surface area (Å²) in [6, 6.07) is 9.53. The number of hydrogen-bond acceptors (Lipinski definition) is 7. The van der Waals surface area contributed by atoms with Gasteiger partial charge in [-0.2, -0.15) is 0 Å². The highest BCUT2D eigenvalue weighted by Gasteiger charge is 2.20. The summed E-state index contributed by atoms with van der Waals surface area (Å²) in [5.74, 6) is 2.16. The van der Waals surface area contributed by atoms with Gasteiger partial charge in [-0.05, 0) is 45.0 Å². The summed E-state index contributed by atoms with van der Waals surface area (Å²) in [5, 5.41) is 10.9. The first-order valence-corrected chi connectivity index (χ1v) is 8.65. The Morgan fingerprint density at radius 2 is 1.69 bits per heavy atom. The van der Waals surface area contributed by atoms with Gasteiger partial charge in [0, 0.05) is 32.4 Å². The van der Waals surface area contributed by atoms with Gasteiger partial charge in [-0.3, -0.25) is 5.32 Å². The predicted octanol–water partition coefficient (Wildman–Crippen LogP) is 2.55. The van der Waals surface area contributed by atoms with Gasteiger partial charge in [-0.15, -0.1) is 10.2 Å². The second kappa shape index (κ2) is 7.55. The summed E-state index contributed by atoms with van der Waals surface area (Å²) in [4.78, 5) is 20.6. The van der Waals surface area contributed by atoms with E-state index in [2.05, 4.69) is 30.3 Å². The second-order valence-corrected chi connectivity index (χ2v) is 7.07. The van der Waals surface area contributed by atoms with Crippen molar-refractivity contribution in [1.29, 1.82) is 0 Å². The molecule has 0 spiro atoms. The number of piperazine rings is 1. The van der Waals surface area contributed by atoms with E-state index in [9.17, 15) is 4.79 Å². The van der Waals surface area contributed by atoms with Crippen molar-refractivity contribution in [3.63, 3.8) is 0 Å². The van der Waals surface area contributed by atoms with Crippen molar-refractivity contribution in [3.05, 3.63) is 36.5 Å². The summed E-state index contributed by atoms with van der Waals surface area (Å²) in [6.45, 7) is 8.85. The molecule has 2 aromatic heterocycles. The fourth-order valence-electron chi connectivity index (χ4n) is 2.67. The molecule has 0 aliphatic carbocycles. The van der Waals surface area contributed by atoms with Crippen LogP contribution < -0.4 is 15.1 Å². The summed E-state index contributed by atoms with van der Waals surface area (Å²) < 4.78 is 5.20. The molecule has 0 bridgehead atoms. The first-order valence-electron chi connectivity index (χ1n) is 8.65. The molecule has 8 heteroatoms. The van der Waals surface area contributed by atoms with Crippen LogP contribution in [0.3, 0.4) is 0 Å². The minimum absolute atomic E-state index is 0.370.